The third-order valence-electron chi connectivity index (χ3n) is 7.11. The van der Waals surface area contributed by atoms with Crippen LogP contribution in [-0.2, 0) is 33.2 Å². The highest BCUT2D eigenvalue weighted by molar-refractivity contribution is 8.00. The second kappa shape index (κ2) is 13.2. The lowest BCUT2D eigenvalue weighted by molar-refractivity contribution is -0.154. The van der Waals surface area contributed by atoms with E-state index in [1.54, 1.807) is 30.3 Å². The van der Waals surface area contributed by atoms with E-state index in [2.05, 4.69) is 5.32 Å². The van der Waals surface area contributed by atoms with Crippen molar-refractivity contribution in [3.63, 3.8) is 0 Å². The number of carbonyl (C=O) groups is 4. The van der Waals surface area contributed by atoms with E-state index in [1.807, 2.05) is 60.7 Å². The monoisotopic (exact) mass is 636 g/mol. The summed E-state index contributed by atoms with van der Waals surface area (Å²) in [6.45, 7) is 0.773. The van der Waals surface area contributed by atoms with Gasteiger partial charge in [0.1, 0.15) is 23.5 Å². The summed E-state index contributed by atoms with van der Waals surface area (Å²) >= 11 is 1.15. The fourth-order valence-electron chi connectivity index (χ4n) is 5.10. The van der Waals surface area contributed by atoms with E-state index in [-0.39, 0.29) is 17.9 Å². The van der Waals surface area contributed by atoms with E-state index < -0.39 is 60.2 Å². The number of β-lactam (4-membered cyclic amide) rings is 1. The molecule has 0 saturated carbocycles. The number of ether oxygens (including phenoxy) is 2. The number of fused-ring (bicyclic) bond motifs is 1. The summed E-state index contributed by atoms with van der Waals surface area (Å²) in [5, 5.41) is 1.78. The van der Waals surface area contributed by atoms with Crippen molar-refractivity contribution in [3.8, 4) is 0 Å². The predicted octanol–water partition coefficient (Wildman–Crippen LogP) is 3.46. The van der Waals surface area contributed by atoms with Crippen LogP contribution in [0.5, 0.6) is 0 Å². The maximum Gasteiger partial charge on any atom is 0.372 e. The molecule has 0 aliphatic carbocycles. The van der Waals surface area contributed by atoms with Crippen molar-refractivity contribution in [1.82, 2.24) is 10.2 Å². The number of amides is 2. The van der Waals surface area contributed by atoms with Gasteiger partial charge >= 0.3 is 19.5 Å². The number of hydrogen-bond donors (Lipinski definition) is 3. The minimum atomic E-state index is -4.96. The molecule has 5 rings (SSSR count). The standard InChI is InChI=1S/C31H29N2O9PS/c1-19(34)41-17-23-18-44-30-25(28(36)33(30)29(23)43(38,39)40)32-27(35)24(20-11-5-2-6-12-20)31(37)42-26(21-13-7-3-8-14-21)22-15-9-4-10-16-22/h2-16,24-26,30H,17-18H2,1H3,(H,32,35)(H2,38,39,40)/t24?,25-,30+/m1/s1. The Hall–Kier alpha value is -4.22. The van der Waals surface area contributed by atoms with Gasteiger partial charge in [0.05, 0.1) is 0 Å². The fourth-order valence-corrected chi connectivity index (χ4v) is 7.67. The first-order valence-corrected chi connectivity index (χ1v) is 16.2. The first-order chi connectivity index (χ1) is 21.1. The summed E-state index contributed by atoms with van der Waals surface area (Å²) < 4.78 is 23.3. The van der Waals surface area contributed by atoms with Crippen molar-refractivity contribution in [2.24, 2.45) is 0 Å². The first kappa shape index (κ1) is 31.2. The number of carbonyl (C=O) groups excluding carboxylic acids is 4. The molecule has 0 radical (unpaired) electrons. The van der Waals surface area contributed by atoms with Gasteiger partial charge in [-0.25, -0.2) is 0 Å². The maximum absolute atomic E-state index is 13.8. The zero-order chi connectivity index (χ0) is 31.4. The number of hydrogen-bond acceptors (Lipinski definition) is 8. The quantitative estimate of drug-likeness (QED) is 0.130. The van der Waals surface area contributed by atoms with Crippen molar-refractivity contribution in [1.29, 1.82) is 0 Å². The Balaban J connectivity index is 1.40. The highest BCUT2D eigenvalue weighted by Gasteiger charge is 2.56. The first-order valence-electron chi connectivity index (χ1n) is 13.6. The van der Waals surface area contributed by atoms with Gasteiger partial charge in [-0.2, -0.15) is 0 Å². The lowest BCUT2D eigenvalue weighted by Crippen LogP contribution is -2.70. The molecule has 228 valence electrons. The second-order valence-electron chi connectivity index (χ2n) is 10.1. The van der Waals surface area contributed by atoms with Crippen LogP contribution in [0.1, 0.15) is 35.6 Å². The fraction of sp³-hybridized carbons (Fsp3) is 0.226. The van der Waals surface area contributed by atoms with E-state index in [0.29, 0.717) is 16.7 Å². The van der Waals surface area contributed by atoms with E-state index in [9.17, 15) is 33.5 Å². The molecule has 13 heteroatoms. The van der Waals surface area contributed by atoms with Crippen LogP contribution < -0.4 is 5.32 Å². The molecule has 3 N–H and O–H groups in total. The van der Waals surface area contributed by atoms with Crippen LogP contribution in [0, 0.1) is 0 Å². The molecule has 44 heavy (non-hydrogen) atoms. The van der Waals surface area contributed by atoms with Crippen molar-refractivity contribution in [2.75, 3.05) is 12.4 Å². The average Bonchev–Trinajstić information content (AvgIpc) is 3.02. The topological polar surface area (TPSA) is 160 Å². The van der Waals surface area contributed by atoms with Gasteiger partial charge in [0, 0.05) is 18.2 Å². The van der Waals surface area contributed by atoms with Crippen LogP contribution in [-0.4, -0.2) is 62.2 Å². The molecule has 2 amide bonds. The van der Waals surface area contributed by atoms with Crippen LogP contribution >= 0.6 is 19.4 Å². The molecule has 3 aromatic carbocycles. The molecular weight excluding hydrogens is 607 g/mol. The molecule has 0 aromatic heterocycles. The second-order valence-corrected chi connectivity index (χ2v) is 12.7. The third kappa shape index (κ3) is 6.63. The summed E-state index contributed by atoms with van der Waals surface area (Å²) in [4.78, 5) is 73.1. The molecule has 1 fully saturated rings. The van der Waals surface area contributed by atoms with Crippen LogP contribution in [0.4, 0.5) is 0 Å². The van der Waals surface area contributed by atoms with E-state index in [0.717, 1.165) is 23.6 Å². The zero-order valence-electron chi connectivity index (χ0n) is 23.4. The van der Waals surface area contributed by atoms with Gasteiger partial charge in [0.25, 0.3) is 5.91 Å². The highest BCUT2D eigenvalue weighted by atomic mass is 32.2. The summed E-state index contributed by atoms with van der Waals surface area (Å²) in [6, 6.07) is 25.3. The Kier molecular flexibility index (Phi) is 9.36. The Morgan fingerprint density at radius 3 is 1.95 bits per heavy atom. The summed E-state index contributed by atoms with van der Waals surface area (Å²) in [6.07, 6.45) is -0.815. The smallest absolute Gasteiger partial charge is 0.372 e. The number of thioether (sulfide) groups is 1. The molecule has 2 heterocycles. The Labute approximate surface area is 257 Å². The Bertz CT molecular complexity index is 1590. The summed E-state index contributed by atoms with van der Waals surface area (Å²) in [5.74, 6) is -4.44. The van der Waals surface area contributed by atoms with Crippen LogP contribution in [0.2, 0.25) is 0 Å². The number of benzene rings is 3. The summed E-state index contributed by atoms with van der Waals surface area (Å²) in [5.41, 5.74) is 1.30. The Morgan fingerprint density at radius 1 is 0.932 bits per heavy atom. The molecule has 2 aliphatic heterocycles. The predicted molar refractivity (Wildman–Crippen MR) is 161 cm³/mol. The van der Waals surface area contributed by atoms with Gasteiger partial charge in [0.15, 0.2) is 12.0 Å². The largest absolute Gasteiger partial charge is 0.461 e. The zero-order valence-corrected chi connectivity index (χ0v) is 25.1. The Morgan fingerprint density at radius 2 is 1.45 bits per heavy atom. The number of esters is 2. The normalized spacial score (nSPS) is 18.6. The molecule has 3 aromatic rings. The van der Waals surface area contributed by atoms with Crippen molar-refractivity contribution < 1.29 is 43.0 Å². The average molecular weight is 637 g/mol. The van der Waals surface area contributed by atoms with Crippen LogP contribution in [0.25, 0.3) is 0 Å². The van der Waals surface area contributed by atoms with E-state index in [1.165, 1.54) is 0 Å². The molecule has 11 nitrogen and oxygen atoms in total. The molecule has 2 aliphatic rings. The van der Waals surface area contributed by atoms with Gasteiger partial charge in [-0.15, -0.1) is 11.8 Å². The van der Waals surface area contributed by atoms with E-state index in [4.69, 9.17) is 9.47 Å². The van der Waals surface area contributed by atoms with Crippen molar-refractivity contribution in [2.45, 2.75) is 30.4 Å². The molecule has 3 atom stereocenters. The van der Waals surface area contributed by atoms with Gasteiger partial charge in [-0.05, 0) is 16.7 Å². The highest BCUT2D eigenvalue weighted by Crippen LogP contribution is 2.56. The van der Waals surface area contributed by atoms with Gasteiger partial charge in [0.2, 0.25) is 5.91 Å². The number of nitrogens with zero attached hydrogens (tertiary/aromatic N) is 1. The molecule has 0 spiro atoms. The van der Waals surface area contributed by atoms with Gasteiger partial charge < -0.3 is 24.6 Å². The van der Waals surface area contributed by atoms with Gasteiger partial charge in [-0.1, -0.05) is 91.0 Å². The maximum atomic E-state index is 13.8. The lowest BCUT2D eigenvalue weighted by Gasteiger charge is -2.50. The van der Waals surface area contributed by atoms with Crippen molar-refractivity contribution in [3.05, 3.63) is 119 Å². The molecule has 0 bridgehead atoms. The van der Waals surface area contributed by atoms with E-state index >= 15 is 0 Å². The van der Waals surface area contributed by atoms with Crippen LogP contribution in [0.3, 0.4) is 0 Å². The summed E-state index contributed by atoms with van der Waals surface area (Å²) in [7, 11) is -4.96. The molecular formula is C31H29N2O9PS. The third-order valence-corrected chi connectivity index (χ3v) is 9.53. The number of rotatable bonds is 10. The van der Waals surface area contributed by atoms with Crippen molar-refractivity contribution >= 4 is 43.1 Å². The number of nitrogens with one attached hydrogen (secondary N) is 1. The van der Waals surface area contributed by atoms with Gasteiger partial charge in [-0.3, -0.25) is 28.6 Å². The minimum absolute atomic E-state index is 0.0501. The molecule has 1 saturated heterocycles. The van der Waals surface area contributed by atoms with Crippen LogP contribution in [0.15, 0.2) is 102 Å². The SMILES string of the molecule is CC(=O)OCC1=C(P(=O)(O)O)N2C(=O)[C@@H](NC(=O)C(C(=O)OC(c3ccccc3)c3ccccc3)c3ccccc3)[C@@H]2SC1. The lowest BCUT2D eigenvalue weighted by atomic mass is 9.96. The molecule has 1 unspecified atom stereocenters. The minimum Gasteiger partial charge on any atom is -0.461 e.